The number of halogens is 2. The van der Waals surface area contributed by atoms with Crippen LogP contribution in [0, 0.1) is 0 Å². The molecule has 5 rings (SSSR count). The van der Waals surface area contributed by atoms with Crippen LogP contribution in [0.4, 0.5) is 11.6 Å². The van der Waals surface area contributed by atoms with Crippen LogP contribution >= 0.6 is 46.7 Å². The average Bonchev–Trinajstić information content (AvgIpc) is 2.94. The lowest BCUT2D eigenvalue weighted by Gasteiger charge is -2.54. The second-order valence-corrected chi connectivity index (χ2v) is 13.2. The topological polar surface area (TPSA) is 92.2 Å². The fourth-order valence-corrected chi connectivity index (χ4v) is 7.64. The molecule has 2 aromatic rings. The highest BCUT2D eigenvalue weighted by molar-refractivity contribution is 7.98. The van der Waals surface area contributed by atoms with Gasteiger partial charge in [0.1, 0.15) is 48.1 Å². The molecule has 40 heavy (non-hydrogen) atoms. The molecule has 0 bridgehead atoms. The minimum Gasteiger partial charge on any atom is -0.345 e. The van der Waals surface area contributed by atoms with E-state index in [2.05, 4.69) is 29.7 Å². The molecular formula is C26H36Cl2N8O2S2+2. The molecule has 0 aliphatic carbocycles. The number of anilines is 2. The normalized spacial score (nSPS) is 20.2. The Bertz CT molecular complexity index is 1200. The number of quaternary nitrogens is 2. The molecule has 2 aromatic heterocycles. The summed E-state index contributed by atoms with van der Waals surface area (Å²) in [5, 5.41) is 1.66. The van der Waals surface area contributed by atoms with Gasteiger partial charge in [0.2, 0.25) is 0 Å². The smallest absolute Gasteiger partial charge is 0.190 e. The number of Topliss-reactive ketones (excluding diaryl/α,β-unsaturated/α-hetero) is 2. The van der Waals surface area contributed by atoms with E-state index in [1.165, 1.54) is 37.4 Å². The molecule has 0 atom stereocenters. The van der Waals surface area contributed by atoms with E-state index in [0.717, 1.165) is 87.5 Å². The highest BCUT2D eigenvalue weighted by Gasteiger charge is 2.46. The quantitative estimate of drug-likeness (QED) is 0.156. The van der Waals surface area contributed by atoms with Gasteiger partial charge in [-0.1, -0.05) is 46.7 Å². The van der Waals surface area contributed by atoms with Crippen molar-refractivity contribution in [1.82, 2.24) is 19.9 Å². The number of carbonyl (C=O) groups is 2. The van der Waals surface area contributed by atoms with Crippen LogP contribution in [0.25, 0.3) is 0 Å². The summed E-state index contributed by atoms with van der Waals surface area (Å²) in [6, 6.07) is 0. The molecule has 0 aromatic carbocycles. The van der Waals surface area contributed by atoms with E-state index in [9.17, 15) is 9.59 Å². The van der Waals surface area contributed by atoms with Gasteiger partial charge in [-0.2, -0.15) is 0 Å². The van der Waals surface area contributed by atoms with Crippen LogP contribution in [0.5, 0.6) is 0 Å². The minimum absolute atomic E-state index is 0.102. The summed E-state index contributed by atoms with van der Waals surface area (Å²) in [5.74, 6) is 1.14. The van der Waals surface area contributed by atoms with Crippen molar-refractivity contribution in [3.8, 4) is 0 Å². The van der Waals surface area contributed by atoms with E-state index in [-0.39, 0.29) is 21.9 Å². The third-order valence-electron chi connectivity index (χ3n) is 8.79. The van der Waals surface area contributed by atoms with Gasteiger partial charge in [0.25, 0.3) is 0 Å². The van der Waals surface area contributed by atoms with Crippen LogP contribution in [0.1, 0.15) is 34.6 Å². The van der Waals surface area contributed by atoms with Crippen LogP contribution in [-0.4, -0.2) is 132 Å². The fourth-order valence-electron chi connectivity index (χ4n) is 6.22. The molecular weight excluding hydrogens is 591 g/mol. The molecule has 2 spiro atoms. The standard InChI is InChI=1S/C26H36Cl2N8O2S2/c1-17(37)19-21(27)29-25(39-3)31-23(19)33-5-9-35(10-6-33)13-15-36(16-14-35)11-7-34(8-12-36)24-20(18(2)38)22(28)30-26(32-24)40-4/h5-16H2,1-4H3/q+2. The first-order valence-corrected chi connectivity index (χ1v) is 16.7. The van der Waals surface area contributed by atoms with E-state index in [4.69, 9.17) is 23.2 Å². The molecule has 5 heterocycles. The van der Waals surface area contributed by atoms with Crippen LogP contribution in [0.2, 0.25) is 10.3 Å². The number of thioether (sulfide) groups is 2. The third kappa shape index (κ3) is 5.80. The Morgan fingerprint density at radius 2 is 0.950 bits per heavy atom. The second-order valence-electron chi connectivity index (χ2n) is 11.0. The Morgan fingerprint density at radius 3 is 1.23 bits per heavy atom. The van der Waals surface area contributed by atoms with E-state index in [0.29, 0.717) is 33.1 Å². The number of ketones is 2. The van der Waals surface area contributed by atoms with Crippen molar-refractivity contribution >= 4 is 69.9 Å². The Kier molecular flexibility index (Phi) is 8.85. The maximum atomic E-state index is 12.4. The Morgan fingerprint density at radius 1 is 0.625 bits per heavy atom. The number of hydrogen-bond donors (Lipinski definition) is 0. The summed E-state index contributed by atoms with van der Waals surface area (Å²) in [6.07, 6.45) is 3.83. The Hall–Kier alpha value is -1.70. The molecule has 0 saturated carbocycles. The average molecular weight is 628 g/mol. The minimum atomic E-state index is -0.102. The third-order valence-corrected chi connectivity index (χ3v) is 10.4. The van der Waals surface area contributed by atoms with Crippen molar-refractivity contribution in [1.29, 1.82) is 0 Å². The van der Waals surface area contributed by atoms with Crippen molar-refractivity contribution in [2.24, 2.45) is 0 Å². The van der Waals surface area contributed by atoms with Crippen molar-refractivity contribution in [2.75, 3.05) is 101 Å². The van der Waals surface area contributed by atoms with E-state index >= 15 is 0 Å². The van der Waals surface area contributed by atoms with Gasteiger partial charge in [0.15, 0.2) is 21.9 Å². The summed E-state index contributed by atoms with van der Waals surface area (Å²) in [4.78, 5) is 47.1. The number of hydrogen-bond acceptors (Lipinski definition) is 10. The van der Waals surface area contributed by atoms with Crippen LogP contribution in [0.3, 0.4) is 0 Å². The molecule has 3 aliphatic heterocycles. The molecule has 10 nitrogen and oxygen atoms in total. The first-order valence-electron chi connectivity index (χ1n) is 13.5. The number of carbonyl (C=O) groups excluding carboxylic acids is 2. The molecule has 0 N–H and O–H groups in total. The van der Waals surface area contributed by atoms with Gasteiger partial charge in [-0.05, 0) is 26.4 Å². The Labute approximate surface area is 254 Å². The molecule has 3 aliphatic rings. The fraction of sp³-hybridized carbons (Fsp3) is 0.615. The van der Waals surface area contributed by atoms with E-state index in [1.807, 2.05) is 12.5 Å². The maximum absolute atomic E-state index is 12.4. The van der Waals surface area contributed by atoms with Gasteiger partial charge >= 0.3 is 0 Å². The number of aromatic nitrogens is 4. The summed E-state index contributed by atoms with van der Waals surface area (Å²) in [5.41, 5.74) is 0.855. The highest BCUT2D eigenvalue weighted by atomic mass is 35.5. The van der Waals surface area contributed by atoms with E-state index in [1.54, 1.807) is 0 Å². The zero-order valence-electron chi connectivity index (χ0n) is 23.5. The zero-order valence-corrected chi connectivity index (χ0v) is 26.6. The molecule has 216 valence electrons. The van der Waals surface area contributed by atoms with Crippen molar-refractivity contribution < 1.29 is 18.6 Å². The predicted octanol–water partition coefficient (Wildman–Crippen LogP) is 3.41. The number of nitrogens with zero attached hydrogens (tertiary/aromatic N) is 8. The van der Waals surface area contributed by atoms with Crippen molar-refractivity contribution in [3.05, 3.63) is 21.4 Å². The summed E-state index contributed by atoms with van der Waals surface area (Å²) in [6.45, 7) is 15.1. The zero-order chi connectivity index (χ0) is 28.7. The van der Waals surface area contributed by atoms with Gasteiger partial charge in [0.05, 0.1) is 63.5 Å². The summed E-state index contributed by atoms with van der Waals surface area (Å²) >= 11 is 15.7. The largest absolute Gasteiger partial charge is 0.345 e. The van der Waals surface area contributed by atoms with Crippen LogP contribution in [0.15, 0.2) is 10.3 Å². The lowest BCUT2D eigenvalue weighted by atomic mass is 10.1. The second kappa shape index (κ2) is 11.9. The van der Waals surface area contributed by atoms with Crippen LogP contribution in [-0.2, 0) is 0 Å². The lowest BCUT2D eigenvalue weighted by molar-refractivity contribution is -1.03. The first kappa shape index (κ1) is 29.8. The lowest BCUT2D eigenvalue weighted by Crippen LogP contribution is -2.73. The highest BCUT2D eigenvalue weighted by Crippen LogP contribution is 2.33. The van der Waals surface area contributed by atoms with Gasteiger partial charge < -0.3 is 18.8 Å². The van der Waals surface area contributed by atoms with E-state index < -0.39 is 0 Å². The van der Waals surface area contributed by atoms with Gasteiger partial charge in [-0.15, -0.1) is 0 Å². The molecule has 3 fully saturated rings. The van der Waals surface area contributed by atoms with Gasteiger partial charge in [-0.25, -0.2) is 19.9 Å². The van der Waals surface area contributed by atoms with Crippen molar-refractivity contribution in [3.63, 3.8) is 0 Å². The first-order chi connectivity index (χ1) is 19.1. The summed E-state index contributed by atoms with van der Waals surface area (Å²) in [7, 11) is 0. The monoisotopic (exact) mass is 626 g/mol. The number of piperazine rings is 3. The van der Waals surface area contributed by atoms with Crippen LogP contribution < -0.4 is 9.80 Å². The molecule has 0 radical (unpaired) electrons. The molecule has 0 amide bonds. The van der Waals surface area contributed by atoms with Crippen molar-refractivity contribution in [2.45, 2.75) is 24.2 Å². The Balaban J connectivity index is 1.23. The SMILES string of the molecule is CSc1nc(Cl)c(C(C)=O)c(N2CC[N+]3(CC2)CC[N+]2(CCN(c4nc(SC)nc(Cl)c4C(C)=O)CC2)CC3)n1. The predicted molar refractivity (Wildman–Crippen MR) is 162 cm³/mol. The summed E-state index contributed by atoms with van der Waals surface area (Å²) < 4.78 is 2.22. The number of rotatable bonds is 6. The molecule has 3 saturated heterocycles. The maximum Gasteiger partial charge on any atom is 0.190 e. The van der Waals surface area contributed by atoms with Gasteiger partial charge in [0, 0.05) is 0 Å². The molecule has 14 heteroatoms. The molecule has 0 unspecified atom stereocenters. The van der Waals surface area contributed by atoms with Gasteiger partial charge in [-0.3, -0.25) is 9.59 Å².